The number of anilines is 1. The Labute approximate surface area is 103 Å². The Hall–Kier alpha value is -1.22. The number of nitrogens with zero attached hydrogens (tertiary/aromatic N) is 2. The van der Waals surface area contributed by atoms with Gasteiger partial charge < -0.3 is 14.5 Å². The third kappa shape index (κ3) is 1.89. The van der Waals surface area contributed by atoms with Gasteiger partial charge in [0, 0.05) is 24.8 Å². The first kappa shape index (κ1) is 10.9. The van der Waals surface area contributed by atoms with E-state index in [4.69, 9.17) is 4.74 Å². The normalized spacial score (nSPS) is 24.1. The molecule has 92 valence electrons. The summed E-state index contributed by atoms with van der Waals surface area (Å²) in [5.74, 6) is 0.981. The van der Waals surface area contributed by atoms with Crippen LogP contribution in [0, 0.1) is 0 Å². The smallest absolute Gasteiger partial charge is 0.119 e. The zero-order valence-corrected chi connectivity index (χ0v) is 10.6. The molecule has 3 nitrogen and oxygen atoms in total. The van der Waals surface area contributed by atoms with Gasteiger partial charge in [0.15, 0.2) is 0 Å². The van der Waals surface area contributed by atoms with Crippen LogP contribution in [0.2, 0.25) is 0 Å². The van der Waals surface area contributed by atoms with E-state index in [0.717, 1.165) is 12.2 Å². The third-order valence-corrected chi connectivity index (χ3v) is 3.95. The standard InChI is InChI=1S/C14H20N2O/c1-15-6-3-7-16-12(10-15)8-11-9-13(17-2)4-5-14(11)16/h4-5,9,12H,3,6-8,10H2,1-2H3. The molecule has 2 aliphatic rings. The monoisotopic (exact) mass is 232 g/mol. The Balaban J connectivity index is 1.91. The number of hydrogen-bond acceptors (Lipinski definition) is 3. The highest BCUT2D eigenvalue weighted by molar-refractivity contribution is 5.61. The highest BCUT2D eigenvalue weighted by atomic mass is 16.5. The first-order valence-electron chi connectivity index (χ1n) is 6.40. The van der Waals surface area contributed by atoms with Gasteiger partial charge in [-0.05, 0) is 50.2 Å². The average Bonchev–Trinajstić information content (AvgIpc) is 2.55. The number of hydrogen-bond donors (Lipinski definition) is 0. The number of methoxy groups -OCH3 is 1. The molecular weight excluding hydrogens is 212 g/mol. The highest BCUT2D eigenvalue weighted by Crippen LogP contribution is 2.35. The average molecular weight is 232 g/mol. The minimum absolute atomic E-state index is 0.657. The van der Waals surface area contributed by atoms with Gasteiger partial charge in [0.2, 0.25) is 0 Å². The van der Waals surface area contributed by atoms with Crippen LogP contribution in [0.25, 0.3) is 0 Å². The number of rotatable bonds is 1. The van der Waals surface area contributed by atoms with Gasteiger partial charge in [-0.15, -0.1) is 0 Å². The molecule has 0 N–H and O–H groups in total. The molecule has 0 aromatic heterocycles. The van der Waals surface area contributed by atoms with Gasteiger partial charge in [-0.1, -0.05) is 0 Å². The second kappa shape index (κ2) is 4.22. The zero-order valence-electron chi connectivity index (χ0n) is 10.6. The van der Waals surface area contributed by atoms with Crippen molar-refractivity contribution in [1.29, 1.82) is 0 Å². The van der Waals surface area contributed by atoms with E-state index in [1.807, 2.05) is 0 Å². The lowest BCUT2D eigenvalue weighted by Gasteiger charge is -2.26. The van der Waals surface area contributed by atoms with Crippen molar-refractivity contribution < 1.29 is 4.74 Å². The molecular formula is C14H20N2O. The van der Waals surface area contributed by atoms with Crippen LogP contribution in [0.1, 0.15) is 12.0 Å². The molecule has 1 atom stereocenters. The zero-order chi connectivity index (χ0) is 11.8. The summed E-state index contributed by atoms with van der Waals surface area (Å²) in [6, 6.07) is 7.16. The molecule has 3 rings (SSSR count). The Kier molecular flexibility index (Phi) is 2.71. The molecule has 17 heavy (non-hydrogen) atoms. The van der Waals surface area contributed by atoms with Crippen LogP contribution < -0.4 is 9.64 Å². The van der Waals surface area contributed by atoms with Crippen LogP contribution >= 0.6 is 0 Å². The molecule has 0 amide bonds. The molecule has 0 saturated carbocycles. The second-order valence-electron chi connectivity index (χ2n) is 5.16. The Morgan fingerprint density at radius 2 is 2.18 bits per heavy atom. The van der Waals surface area contributed by atoms with Crippen molar-refractivity contribution in [3.05, 3.63) is 23.8 Å². The predicted molar refractivity (Wildman–Crippen MR) is 69.9 cm³/mol. The fraction of sp³-hybridized carbons (Fsp3) is 0.571. The van der Waals surface area contributed by atoms with E-state index < -0.39 is 0 Å². The molecule has 2 aliphatic heterocycles. The second-order valence-corrected chi connectivity index (χ2v) is 5.16. The lowest BCUT2D eigenvalue weighted by Crippen LogP contribution is -2.37. The molecule has 1 fully saturated rings. The van der Waals surface area contributed by atoms with Crippen molar-refractivity contribution in [1.82, 2.24) is 4.90 Å². The summed E-state index contributed by atoms with van der Waals surface area (Å²) in [6.45, 7) is 3.59. The van der Waals surface area contributed by atoms with Crippen molar-refractivity contribution in [3.8, 4) is 5.75 Å². The number of ether oxygens (including phenoxy) is 1. The molecule has 1 aromatic carbocycles. The maximum Gasteiger partial charge on any atom is 0.119 e. The fourth-order valence-electron chi connectivity index (χ4n) is 3.12. The summed E-state index contributed by atoms with van der Waals surface area (Å²) in [4.78, 5) is 5.03. The minimum Gasteiger partial charge on any atom is -0.497 e. The minimum atomic E-state index is 0.657. The number of likely N-dealkylation sites (N-methyl/N-ethyl adjacent to an activating group) is 1. The molecule has 0 spiro atoms. The van der Waals surface area contributed by atoms with Crippen LogP contribution in [-0.4, -0.2) is 44.7 Å². The molecule has 1 unspecified atom stereocenters. The van der Waals surface area contributed by atoms with E-state index in [0.29, 0.717) is 6.04 Å². The first-order valence-corrected chi connectivity index (χ1v) is 6.40. The van der Waals surface area contributed by atoms with E-state index >= 15 is 0 Å². The largest absolute Gasteiger partial charge is 0.497 e. The van der Waals surface area contributed by atoms with Gasteiger partial charge in [0.25, 0.3) is 0 Å². The SMILES string of the molecule is COc1ccc2c(c1)CC1CN(C)CCCN21. The van der Waals surface area contributed by atoms with Crippen LogP contribution in [-0.2, 0) is 6.42 Å². The van der Waals surface area contributed by atoms with E-state index in [2.05, 4.69) is 35.0 Å². The molecule has 2 heterocycles. The summed E-state index contributed by atoms with van der Waals surface area (Å²) in [6.07, 6.45) is 2.43. The van der Waals surface area contributed by atoms with Crippen molar-refractivity contribution in [2.24, 2.45) is 0 Å². The number of fused-ring (bicyclic) bond motifs is 3. The summed E-state index contributed by atoms with van der Waals surface area (Å²) in [7, 11) is 3.97. The highest BCUT2D eigenvalue weighted by Gasteiger charge is 2.31. The van der Waals surface area contributed by atoms with Gasteiger partial charge >= 0.3 is 0 Å². The topological polar surface area (TPSA) is 15.7 Å². The summed E-state index contributed by atoms with van der Waals surface area (Å²) in [5, 5.41) is 0. The molecule has 1 saturated heterocycles. The quantitative estimate of drug-likeness (QED) is 0.734. The van der Waals surface area contributed by atoms with Crippen molar-refractivity contribution >= 4 is 5.69 Å². The Bertz CT molecular complexity index is 419. The molecule has 0 radical (unpaired) electrons. The lowest BCUT2D eigenvalue weighted by molar-refractivity contribution is 0.333. The van der Waals surface area contributed by atoms with Gasteiger partial charge in [-0.3, -0.25) is 0 Å². The van der Waals surface area contributed by atoms with Crippen molar-refractivity contribution in [2.45, 2.75) is 18.9 Å². The molecule has 3 heteroatoms. The van der Waals surface area contributed by atoms with Gasteiger partial charge in [-0.25, -0.2) is 0 Å². The van der Waals surface area contributed by atoms with Crippen LogP contribution in [0.5, 0.6) is 5.75 Å². The van der Waals surface area contributed by atoms with Crippen molar-refractivity contribution in [2.75, 3.05) is 38.7 Å². The molecule has 0 aliphatic carbocycles. The van der Waals surface area contributed by atoms with Crippen LogP contribution in [0.4, 0.5) is 5.69 Å². The summed E-state index contributed by atoms with van der Waals surface area (Å²) >= 11 is 0. The van der Waals surface area contributed by atoms with Gasteiger partial charge in [-0.2, -0.15) is 0 Å². The first-order chi connectivity index (χ1) is 8.28. The van der Waals surface area contributed by atoms with E-state index in [-0.39, 0.29) is 0 Å². The van der Waals surface area contributed by atoms with E-state index in [1.54, 1.807) is 7.11 Å². The Morgan fingerprint density at radius 1 is 1.29 bits per heavy atom. The maximum atomic E-state index is 5.31. The van der Waals surface area contributed by atoms with Gasteiger partial charge in [0.1, 0.15) is 5.75 Å². The summed E-state index contributed by atoms with van der Waals surface area (Å²) < 4.78 is 5.31. The van der Waals surface area contributed by atoms with Crippen LogP contribution in [0.3, 0.4) is 0 Å². The van der Waals surface area contributed by atoms with E-state index in [9.17, 15) is 0 Å². The predicted octanol–water partition coefficient (Wildman–Crippen LogP) is 1.76. The lowest BCUT2D eigenvalue weighted by atomic mass is 10.1. The molecule has 0 bridgehead atoms. The maximum absolute atomic E-state index is 5.31. The number of benzene rings is 1. The Morgan fingerprint density at radius 3 is 3.00 bits per heavy atom. The van der Waals surface area contributed by atoms with Crippen LogP contribution in [0.15, 0.2) is 18.2 Å². The van der Waals surface area contributed by atoms with E-state index in [1.165, 1.54) is 37.3 Å². The fourth-order valence-corrected chi connectivity index (χ4v) is 3.12. The van der Waals surface area contributed by atoms with Crippen molar-refractivity contribution in [3.63, 3.8) is 0 Å². The van der Waals surface area contributed by atoms with Gasteiger partial charge in [0.05, 0.1) is 7.11 Å². The third-order valence-electron chi connectivity index (χ3n) is 3.95. The molecule has 1 aromatic rings. The summed E-state index contributed by atoms with van der Waals surface area (Å²) in [5.41, 5.74) is 2.87.